The van der Waals surface area contributed by atoms with Crippen LogP contribution in [0.5, 0.6) is 5.75 Å². The lowest BCUT2D eigenvalue weighted by molar-refractivity contribution is -0.111. The number of unbranched alkanes of at least 4 members (excludes halogenated alkanes) is 4. The van der Waals surface area contributed by atoms with E-state index < -0.39 is 0 Å². The first-order valence-electron chi connectivity index (χ1n) is 11.7. The molecule has 0 fully saturated rings. The zero-order chi connectivity index (χ0) is 22.2. The van der Waals surface area contributed by atoms with E-state index in [0.29, 0.717) is 6.61 Å². The number of ketones is 1. The van der Waals surface area contributed by atoms with Gasteiger partial charge in [0.05, 0.1) is 13.7 Å². The van der Waals surface area contributed by atoms with Crippen LogP contribution in [0.2, 0.25) is 0 Å². The van der Waals surface area contributed by atoms with Gasteiger partial charge in [0.1, 0.15) is 5.75 Å². The number of hydrogen-bond acceptors (Lipinski definition) is 3. The summed E-state index contributed by atoms with van der Waals surface area (Å²) >= 11 is 0. The van der Waals surface area contributed by atoms with E-state index in [4.69, 9.17) is 9.47 Å². The fraction of sp³-hybridized carbons (Fsp3) is 0.464. The van der Waals surface area contributed by atoms with Gasteiger partial charge in [-0.15, -0.1) is 0 Å². The van der Waals surface area contributed by atoms with Crippen LogP contribution in [0.4, 0.5) is 0 Å². The Balaban J connectivity index is 1.56. The van der Waals surface area contributed by atoms with Gasteiger partial charge in [-0.2, -0.15) is 0 Å². The highest BCUT2D eigenvalue weighted by atomic mass is 16.5. The number of rotatable bonds is 15. The summed E-state index contributed by atoms with van der Waals surface area (Å²) in [4.78, 5) is 12.1. The molecule has 0 unspecified atom stereocenters. The molecule has 1 aliphatic carbocycles. The van der Waals surface area contributed by atoms with E-state index in [1.165, 1.54) is 5.56 Å². The van der Waals surface area contributed by atoms with Gasteiger partial charge in [0.2, 0.25) is 0 Å². The quantitative estimate of drug-likeness (QED) is 0.171. The third kappa shape index (κ3) is 9.97. The van der Waals surface area contributed by atoms with Gasteiger partial charge in [-0.1, -0.05) is 55.5 Å². The van der Waals surface area contributed by atoms with Crippen molar-refractivity contribution in [2.45, 2.75) is 64.9 Å². The number of carbonyl (C=O) groups is 1. The molecule has 1 aromatic carbocycles. The van der Waals surface area contributed by atoms with E-state index in [9.17, 15) is 4.79 Å². The Morgan fingerprint density at radius 1 is 0.935 bits per heavy atom. The van der Waals surface area contributed by atoms with Crippen molar-refractivity contribution < 1.29 is 14.3 Å². The Bertz CT molecular complexity index is 753. The minimum Gasteiger partial charge on any atom is -0.497 e. The van der Waals surface area contributed by atoms with Crippen LogP contribution in [0.25, 0.3) is 0 Å². The topological polar surface area (TPSA) is 35.5 Å². The SMILES string of the molecule is CC/C=C\CCC/C=C1/C(=O)C=C[C@@H]1C/C=C\CCCCOCc1ccc(OC)cc1. The van der Waals surface area contributed by atoms with E-state index in [1.807, 2.05) is 24.3 Å². The summed E-state index contributed by atoms with van der Waals surface area (Å²) < 4.78 is 10.9. The average Bonchev–Trinajstić information content (AvgIpc) is 3.14. The molecule has 0 aliphatic heterocycles. The van der Waals surface area contributed by atoms with Crippen molar-refractivity contribution in [2.24, 2.45) is 5.92 Å². The van der Waals surface area contributed by atoms with Crippen molar-refractivity contribution in [3.8, 4) is 5.75 Å². The second kappa shape index (κ2) is 15.4. The van der Waals surface area contributed by atoms with Gasteiger partial charge >= 0.3 is 0 Å². The van der Waals surface area contributed by atoms with E-state index in [-0.39, 0.29) is 11.7 Å². The second-order valence-corrected chi connectivity index (χ2v) is 7.90. The van der Waals surface area contributed by atoms with Crippen LogP contribution < -0.4 is 4.74 Å². The van der Waals surface area contributed by atoms with Gasteiger partial charge in [-0.3, -0.25) is 4.79 Å². The largest absolute Gasteiger partial charge is 0.497 e. The average molecular weight is 423 g/mol. The van der Waals surface area contributed by atoms with Crippen molar-refractivity contribution >= 4 is 5.78 Å². The molecule has 2 rings (SSSR count). The van der Waals surface area contributed by atoms with Crippen LogP contribution in [-0.4, -0.2) is 19.5 Å². The number of ether oxygens (including phenoxy) is 2. The normalized spacial score (nSPS) is 17.5. The fourth-order valence-corrected chi connectivity index (χ4v) is 3.56. The van der Waals surface area contributed by atoms with Crippen molar-refractivity contribution in [3.05, 3.63) is 77.9 Å². The summed E-state index contributed by atoms with van der Waals surface area (Å²) in [5.74, 6) is 1.31. The highest BCUT2D eigenvalue weighted by molar-refractivity contribution is 6.07. The number of carbonyl (C=O) groups excluding carboxylic acids is 1. The molecule has 1 aromatic rings. The zero-order valence-electron chi connectivity index (χ0n) is 19.2. The lowest BCUT2D eigenvalue weighted by atomic mass is 9.96. The molecular formula is C28H38O3. The highest BCUT2D eigenvalue weighted by Crippen LogP contribution is 2.26. The third-order valence-electron chi connectivity index (χ3n) is 5.40. The third-order valence-corrected chi connectivity index (χ3v) is 5.40. The molecule has 0 amide bonds. The zero-order valence-corrected chi connectivity index (χ0v) is 19.2. The monoisotopic (exact) mass is 422 g/mol. The first-order valence-corrected chi connectivity index (χ1v) is 11.7. The minimum atomic E-state index is 0.191. The van der Waals surface area contributed by atoms with Crippen LogP contribution >= 0.6 is 0 Å². The predicted molar refractivity (Wildman–Crippen MR) is 129 cm³/mol. The van der Waals surface area contributed by atoms with E-state index in [0.717, 1.165) is 69.3 Å². The molecular weight excluding hydrogens is 384 g/mol. The first-order chi connectivity index (χ1) is 15.2. The summed E-state index contributed by atoms with van der Waals surface area (Å²) in [5.41, 5.74) is 2.15. The Morgan fingerprint density at radius 2 is 1.71 bits per heavy atom. The van der Waals surface area contributed by atoms with E-state index in [2.05, 4.69) is 43.4 Å². The molecule has 1 aliphatic rings. The van der Waals surface area contributed by atoms with E-state index in [1.54, 1.807) is 13.2 Å². The summed E-state index contributed by atoms with van der Waals surface area (Å²) in [6.07, 6.45) is 23.3. The Hall–Kier alpha value is -2.39. The number of hydrogen-bond donors (Lipinski definition) is 0. The molecule has 0 bridgehead atoms. The van der Waals surface area contributed by atoms with E-state index >= 15 is 0 Å². The van der Waals surface area contributed by atoms with Gasteiger partial charge in [0, 0.05) is 18.1 Å². The highest BCUT2D eigenvalue weighted by Gasteiger charge is 2.21. The van der Waals surface area contributed by atoms with Crippen LogP contribution in [0.15, 0.2) is 72.4 Å². The van der Waals surface area contributed by atoms with Crippen LogP contribution in [-0.2, 0) is 16.1 Å². The lowest BCUT2D eigenvalue weighted by Crippen LogP contribution is -2.02. The number of allylic oxidation sites excluding steroid dienone is 8. The molecule has 0 aromatic heterocycles. The second-order valence-electron chi connectivity index (χ2n) is 7.90. The van der Waals surface area contributed by atoms with Gasteiger partial charge in [-0.25, -0.2) is 0 Å². The van der Waals surface area contributed by atoms with Crippen LogP contribution in [0, 0.1) is 5.92 Å². The van der Waals surface area contributed by atoms with Gasteiger partial charge in [0.25, 0.3) is 0 Å². The molecule has 0 radical (unpaired) electrons. The van der Waals surface area contributed by atoms with Crippen LogP contribution in [0.1, 0.15) is 63.9 Å². The lowest BCUT2D eigenvalue weighted by Gasteiger charge is -2.07. The maximum Gasteiger partial charge on any atom is 0.181 e. The molecule has 0 spiro atoms. The number of benzene rings is 1. The van der Waals surface area contributed by atoms with Crippen LogP contribution in [0.3, 0.4) is 0 Å². The fourth-order valence-electron chi connectivity index (χ4n) is 3.56. The van der Waals surface area contributed by atoms with Crippen molar-refractivity contribution in [1.82, 2.24) is 0 Å². The Morgan fingerprint density at radius 3 is 2.48 bits per heavy atom. The smallest absolute Gasteiger partial charge is 0.181 e. The number of methoxy groups -OCH3 is 1. The molecule has 168 valence electrons. The minimum absolute atomic E-state index is 0.191. The van der Waals surface area contributed by atoms with Gasteiger partial charge < -0.3 is 9.47 Å². The summed E-state index contributed by atoms with van der Waals surface area (Å²) in [6.45, 7) is 3.57. The Labute approximate surface area is 188 Å². The van der Waals surface area contributed by atoms with Gasteiger partial charge in [0.15, 0.2) is 5.78 Å². The maximum absolute atomic E-state index is 12.1. The summed E-state index contributed by atoms with van der Waals surface area (Å²) in [6, 6.07) is 8.00. The molecule has 3 nitrogen and oxygen atoms in total. The summed E-state index contributed by atoms with van der Waals surface area (Å²) in [7, 11) is 1.67. The molecule has 3 heteroatoms. The molecule has 1 atom stereocenters. The van der Waals surface area contributed by atoms with Crippen molar-refractivity contribution in [1.29, 1.82) is 0 Å². The van der Waals surface area contributed by atoms with Crippen molar-refractivity contribution in [2.75, 3.05) is 13.7 Å². The molecule has 0 N–H and O–H groups in total. The first kappa shape index (κ1) is 24.9. The van der Waals surface area contributed by atoms with Gasteiger partial charge in [-0.05, 0) is 75.1 Å². The Kier molecular flexibility index (Phi) is 12.4. The molecule has 0 saturated carbocycles. The predicted octanol–water partition coefficient (Wildman–Crippen LogP) is 7.15. The molecule has 31 heavy (non-hydrogen) atoms. The maximum atomic E-state index is 12.1. The molecule has 0 saturated heterocycles. The van der Waals surface area contributed by atoms with Crippen molar-refractivity contribution in [3.63, 3.8) is 0 Å². The molecule has 0 heterocycles. The summed E-state index contributed by atoms with van der Waals surface area (Å²) in [5, 5.41) is 0. The standard InChI is InChI=1S/C28H38O3/c1-3-4-5-6-9-12-15-27-25(18-21-28(27)29)14-11-8-7-10-13-22-31-23-24-16-19-26(30-2)20-17-24/h4-5,8,11,15-21,25H,3,6-7,9-10,12-14,22-23H2,1-2H3/b5-4-,11-8-,27-15+/t25-/m0/s1.